The Morgan fingerprint density at radius 1 is 1.20 bits per heavy atom. The molecule has 1 aliphatic rings. The number of piperidine rings is 1. The average molecular weight is 356 g/mol. The Kier molecular flexibility index (Phi) is 3.92. The topological polar surface area (TPSA) is 118 Å². The Bertz CT molecular complexity index is 949. The molecular formula is C16H16N6O2S. The minimum Gasteiger partial charge on any atom is -0.364 e. The summed E-state index contributed by atoms with van der Waals surface area (Å²) in [7, 11) is 0. The maximum absolute atomic E-state index is 13.0. The zero-order chi connectivity index (χ0) is 17.4. The second-order valence-electron chi connectivity index (χ2n) is 6.05. The SMILES string of the molecule is NC(=O)c1cc([C@@H]2CCCCN2C(=O)c2ccc3nsnc3c2)[nH]n1. The molecule has 0 spiro atoms. The molecule has 4 rings (SSSR count). The van der Waals surface area contributed by atoms with Gasteiger partial charge in [0.15, 0.2) is 0 Å². The standard InChI is InChI=1S/C16H16N6O2S/c17-15(23)13-8-12(18-19-13)14-3-1-2-6-22(14)16(24)9-4-5-10-11(7-9)21-25-20-10/h4-5,7-8,14H,1-3,6H2,(H2,17,23)(H,18,19)/t14-/m0/s1. The molecule has 3 N–H and O–H groups in total. The third-order valence-electron chi connectivity index (χ3n) is 4.47. The van der Waals surface area contributed by atoms with E-state index in [1.54, 1.807) is 18.2 Å². The fraction of sp³-hybridized carbons (Fsp3) is 0.312. The van der Waals surface area contributed by atoms with Gasteiger partial charge in [0, 0.05) is 12.1 Å². The first-order valence-electron chi connectivity index (χ1n) is 8.02. The molecule has 0 bridgehead atoms. The highest BCUT2D eigenvalue weighted by atomic mass is 32.1. The fourth-order valence-electron chi connectivity index (χ4n) is 3.21. The number of fused-ring (bicyclic) bond motifs is 1. The minimum atomic E-state index is -0.585. The van der Waals surface area contributed by atoms with Gasteiger partial charge < -0.3 is 10.6 Å². The number of primary amides is 1. The Hall–Kier alpha value is -2.81. The van der Waals surface area contributed by atoms with E-state index in [1.807, 2.05) is 11.0 Å². The quantitative estimate of drug-likeness (QED) is 0.743. The number of amides is 2. The van der Waals surface area contributed by atoms with E-state index in [-0.39, 0.29) is 17.6 Å². The zero-order valence-corrected chi connectivity index (χ0v) is 14.1. The largest absolute Gasteiger partial charge is 0.364 e. The molecule has 8 nitrogen and oxygen atoms in total. The first-order valence-corrected chi connectivity index (χ1v) is 8.75. The van der Waals surface area contributed by atoms with Gasteiger partial charge in [-0.1, -0.05) is 0 Å². The summed E-state index contributed by atoms with van der Waals surface area (Å²) in [5.74, 6) is -0.646. The average Bonchev–Trinajstić information content (AvgIpc) is 3.29. The molecule has 0 aliphatic carbocycles. The van der Waals surface area contributed by atoms with Crippen molar-refractivity contribution in [2.45, 2.75) is 25.3 Å². The lowest BCUT2D eigenvalue weighted by Crippen LogP contribution is -2.38. The van der Waals surface area contributed by atoms with E-state index in [4.69, 9.17) is 5.73 Å². The van der Waals surface area contributed by atoms with Crippen LogP contribution in [0.15, 0.2) is 24.3 Å². The Labute approximate surface area is 147 Å². The van der Waals surface area contributed by atoms with Crippen molar-refractivity contribution >= 4 is 34.6 Å². The van der Waals surface area contributed by atoms with Gasteiger partial charge in [-0.3, -0.25) is 14.7 Å². The van der Waals surface area contributed by atoms with E-state index in [0.717, 1.165) is 47.7 Å². The minimum absolute atomic E-state index is 0.0603. The zero-order valence-electron chi connectivity index (χ0n) is 13.3. The van der Waals surface area contributed by atoms with Crippen molar-refractivity contribution in [1.29, 1.82) is 0 Å². The van der Waals surface area contributed by atoms with Gasteiger partial charge >= 0.3 is 0 Å². The van der Waals surface area contributed by atoms with E-state index in [1.165, 1.54) is 0 Å². The summed E-state index contributed by atoms with van der Waals surface area (Å²) in [5.41, 5.74) is 8.29. The van der Waals surface area contributed by atoms with Crippen molar-refractivity contribution in [3.8, 4) is 0 Å². The van der Waals surface area contributed by atoms with Crippen molar-refractivity contribution in [2.75, 3.05) is 6.54 Å². The van der Waals surface area contributed by atoms with Crippen LogP contribution in [-0.2, 0) is 0 Å². The van der Waals surface area contributed by atoms with Crippen LogP contribution in [-0.4, -0.2) is 42.2 Å². The third-order valence-corrected chi connectivity index (χ3v) is 5.03. The first-order chi connectivity index (χ1) is 12.1. The molecule has 1 aromatic carbocycles. The van der Waals surface area contributed by atoms with Crippen LogP contribution in [0.2, 0.25) is 0 Å². The third kappa shape index (κ3) is 2.86. The van der Waals surface area contributed by atoms with E-state index < -0.39 is 5.91 Å². The lowest BCUT2D eigenvalue weighted by molar-refractivity contribution is 0.0606. The predicted molar refractivity (Wildman–Crippen MR) is 92.1 cm³/mol. The Morgan fingerprint density at radius 2 is 2.04 bits per heavy atom. The Morgan fingerprint density at radius 3 is 2.84 bits per heavy atom. The molecule has 25 heavy (non-hydrogen) atoms. The molecule has 3 aromatic rings. The van der Waals surface area contributed by atoms with Gasteiger partial charge in [0.1, 0.15) is 16.7 Å². The smallest absolute Gasteiger partial charge is 0.269 e. The number of aromatic nitrogens is 4. The number of H-pyrrole nitrogens is 1. The molecule has 3 heterocycles. The van der Waals surface area contributed by atoms with E-state index in [2.05, 4.69) is 18.9 Å². The molecule has 0 unspecified atom stereocenters. The molecule has 1 fully saturated rings. The van der Waals surface area contributed by atoms with Gasteiger partial charge in [-0.15, -0.1) is 0 Å². The van der Waals surface area contributed by atoms with E-state index >= 15 is 0 Å². The summed E-state index contributed by atoms with van der Waals surface area (Å²) >= 11 is 1.13. The highest BCUT2D eigenvalue weighted by molar-refractivity contribution is 7.00. The van der Waals surface area contributed by atoms with Crippen molar-refractivity contribution in [3.05, 3.63) is 41.2 Å². The molecule has 0 radical (unpaired) electrons. The van der Waals surface area contributed by atoms with Crippen LogP contribution in [0.5, 0.6) is 0 Å². The normalized spacial score (nSPS) is 17.8. The summed E-state index contributed by atoms with van der Waals surface area (Å²) in [5, 5.41) is 6.79. The second kappa shape index (κ2) is 6.25. The summed E-state index contributed by atoms with van der Waals surface area (Å²) in [6.45, 7) is 0.655. The predicted octanol–water partition coefficient (Wildman–Crippen LogP) is 1.88. The van der Waals surface area contributed by atoms with Crippen LogP contribution < -0.4 is 5.73 Å². The highest BCUT2D eigenvalue weighted by Gasteiger charge is 2.30. The molecule has 128 valence electrons. The van der Waals surface area contributed by atoms with Gasteiger partial charge in [0.2, 0.25) is 0 Å². The summed E-state index contributed by atoms with van der Waals surface area (Å²) in [4.78, 5) is 26.1. The van der Waals surface area contributed by atoms with Crippen molar-refractivity contribution in [3.63, 3.8) is 0 Å². The molecule has 2 amide bonds. The van der Waals surface area contributed by atoms with Crippen LogP contribution in [0.4, 0.5) is 0 Å². The summed E-state index contributed by atoms with van der Waals surface area (Å²) in [6.07, 6.45) is 2.76. The lowest BCUT2D eigenvalue weighted by Gasteiger charge is -2.35. The number of aromatic amines is 1. The number of carbonyl (C=O) groups excluding carboxylic acids is 2. The number of carbonyl (C=O) groups is 2. The molecule has 1 atom stereocenters. The molecule has 9 heteroatoms. The number of hydrogen-bond donors (Lipinski definition) is 2. The van der Waals surface area contributed by atoms with E-state index in [0.29, 0.717) is 12.1 Å². The van der Waals surface area contributed by atoms with Crippen LogP contribution in [0.1, 0.15) is 51.8 Å². The van der Waals surface area contributed by atoms with Gasteiger partial charge in [-0.25, -0.2) is 0 Å². The molecule has 1 saturated heterocycles. The van der Waals surface area contributed by atoms with Gasteiger partial charge in [0.05, 0.1) is 23.5 Å². The summed E-state index contributed by atoms with van der Waals surface area (Å²) < 4.78 is 8.36. The fourth-order valence-corrected chi connectivity index (χ4v) is 3.73. The molecule has 1 aliphatic heterocycles. The number of rotatable bonds is 3. The van der Waals surface area contributed by atoms with Crippen molar-refractivity contribution < 1.29 is 9.59 Å². The Balaban J connectivity index is 1.65. The maximum Gasteiger partial charge on any atom is 0.269 e. The number of nitrogens with one attached hydrogen (secondary N) is 1. The molecular weight excluding hydrogens is 340 g/mol. The van der Waals surface area contributed by atoms with Crippen LogP contribution in [0, 0.1) is 0 Å². The first kappa shape index (κ1) is 15.7. The van der Waals surface area contributed by atoms with Crippen molar-refractivity contribution in [1.82, 2.24) is 23.8 Å². The van der Waals surface area contributed by atoms with Gasteiger partial charge in [-0.05, 0) is 43.5 Å². The highest BCUT2D eigenvalue weighted by Crippen LogP contribution is 2.31. The van der Waals surface area contributed by atoms with E-state index in [9.17, 15) is 9.59 Å². The number of nitrogens with two attached hydrogens (primary N) is 1. The lowest BCUT2D eigenvalue weighted by atomic mass is 9.98. The molecule has 0 saturated carbocycles. The molecule has 2 aromatic heterocycles. The second-order valence-corrected chi connectivity index (χ2v) is 6.58. The van der Waals surface area contributed by atoms with Gasteiger partial charge in [0.25, 0.3) is 11.8 Å². The number of benzene rings is 1. The van der Waals surface area contributed by atoms with Crippen LogP contribution in [0.3, 0.4) is 0 Å². The number of hydrogen-bond acceptors (Lipinski definition) is 6. The monoisotopic (exact) mass is 356 g/mol. The van der Waals surface area contributed by atoms with Crippen LogP contribution >= 0.6 is 11.7 Å². The van der Waals surface area contributed by atoms with Crippen LogP contribution in [0.25, 0.3) is 11.0 Å². The summed E-state index contributed by atoms with van der Waals surface area (Å²) in [6, 6.07) is 6.85. The number of nitrogens with zero attached hydrogens (tertiary/aromatic N) is 4. The van der Waals surface area contributed by atoms with Crippen molar-refractivity contribution in [2.24, 2.45) is 5.73 Å². The number of likely N-dealkylation sites (tertiary alicyclic amines) is 1. The van der Waals surface area contributed by atoms with Gasteiger partial charge in [-0.2, -0.15) is 13.8 Å². The maximum atomic E-state index is 13.0.